The van der Waals surface area contributed by atoms with Crippen LogP contribution < -0.4 is 20.9 Å². The zero-order valence-electron chi connectivity index (χ0n) is 15.3. The van der Waals surface area contributed by atoms with Crippen LogP contribution in [0.15, 0.2) is 53.6 Å². The van der Waals surface area contributed by atoms with Crippen LogP contribution in [0.25, 0.3) is 5.65 Å². The second-order valence-corrected chi connectivity index (χ2v) is 6.86. The van der Waals surface area contributed by atoms with Gasteiger partial charge >= 0.3 is 0 Å². The second kappa shape index (κ2) is 7.67. The van der Waals surface area contributed by atoms with Crippen LogP contribution in [0.1, 0.15) is 23.3 Å². The molecule has 28 heavy (non-hydrogen) atoms. The number of aromatic nitrogens is 3. The maximum atomic E-state index is 12.3. The van der Waals surface area contributed by atoms with Gasteiger partial charge in [-0.05, 0) is 37.0 Å². The predicted molar refractivity (Wildman–Crippen MR) is 105 cm³/mol. The van der Waals surface area contributed by atoms with E-state index in [-0.39, 0.29) is 11.3 Å². The first-order valence-corrected chi connectivity index (χ1v) is 9.22. The molecule has 8 heteroatoms. The third-order valence-corrected chi connectivity index (χ3v) is 4.97. The lowest BCUT2D eigenvalue weighted by molar-refractivity contribution is 0.0995. The summed E-state index contributed by atoms with van der Waals surface area (Å²) in [5.41, 5.74) is 6.02. The molecular formula is C20H21N5O3. The van der Waals surface area contributed by atoms with Crippen LogP contribution in [0.4, 0.5) is 5.82 Å². The molecule has 1 fully saturated rings. The number of rotatable bonds is 5. The number of carbonyl (C=O) groups is 1. The summed E-state index contributed by atoms with van der Waals surface area (Å²) in [6.45, 7) is 2.18. The normalized spacial score (nSPS) is 14.9. The van der Waals surface area contributed by atoms with Gasteiger partial charge in [-0.25, -0.2) is 4.98 Å². The van der Waals surface area contributed by atoms with Gasteiger partial charge in [0, 0.05) is 37.6 Å². The predicted octanol–water partition coefficient (Wildman–Crippen LogP) is 1.48. The van der Waals surface area contributed by atoms with E-state index in [2.05, 4.69) is 14.9 Å². The van der Waals surface area contributed by atoms with Crippen molar-refractivity contribution in [2.75, 3.05) is 24.6 Å². The number of anilines is 1. The van der Waals surface area contributed by atoms with Gasteiger partial charge in [0.25, 0.3) is 11.5 Å². The topological polar surface area (TPSA) is 103 Å². The van der Waals surface area contributed by atoms with Gasteiger partial charge in [-0.3, -0.25) is 19.0 Å². The fourth-order valence-electron chi connectivity index (χ4n) is 3.38. The van der Waals surface area contributed by atoms with Crippen molar-refractivity contribution in [1.29, 1.82) is 0 Å². The molecule has 144 valence electrons. The van der Waals surface area contributed by atoms with Gasteiger partial charge in [0.2, 0.25) is 0 Å². The summed E-state index contributed by atoms with van der Waals surface area (Å²) in [5.74, 6) is 1.13. The molecule has 1 amide bonds. The highest BCUT2D eigenvalue weighted by Gasteiger charge is 2.21. The van der Waals surface area contributed by atoms with Crippen LogP contribution in [0.2, 0.25) is 0 Å². The van der Waals surface area contributed by atoms with E-state index in [1.54, 1.807) is 28.8 Å². The van der Waals surface area contributed by atoms with Crippen molar-refractivity contribution < 1.29 is 9.53 Å². The molecule has 1 saturated heterocycles. The molecule has 0 spiro atoms. The third kappa shape index (κ3) is 3.80. The van der Waals surface area contributed by atoms with E-state index < -0.39 is 5.91 Å². The highest BCUT2D eigenvalue weighted by molar-refractivity contribution is 5.91. The van der Waals surface area contributed by atoms with Crippen LogP contribution in [0.3, 0.4) is 0 Å². The van der Waals surface area contributed by atoms with Crippen LogP contribution in [-0.2, 0) is 0 Å². The van der Waals surface area contributed by atoms with E-state index in [0.717, 1.165) is 31.7 Å². The van der Waals surface area contributed by atoms with Crippen LogP contribution in [0, 0.1) is 5.92 Å². The first-order valence-electron chi connectivity index (χ1n) is 9.22. The summed E-state index contributed by atoms with van der Waals surface area (Å²) in [7, 11) is 0. The van der Waals surface area contributed by atoms with E-state index >= 15 is 0 Å². The van der Waals surface area contributed by atoms with Crippen LogP contribution in [0.5, 0.6) is 5.75 Å². The number of hydrogen-bond acceptors (Lipinski definition) is 6. The maximum Gasteiger partial charge on any atom is 0.267 e. The lowest BCUT2D eigenvalue weighted by Gasteiger charge is -2.32. The van der Waals surface area contributed by atoms with Gasteiger partial charge in [0.1, 0.15) is 22.9 Å². The monoisotopic (exact) mass is 379 g/mol. The largest absolute Gasteiger partial charge is 0.493 e. The molecule has 0 atom stereocenters. The Kier molecular flexibility index (Phi) is 4.92. The second-order valence-electron chi connectivity index (χ2n) is 6.86. The molecule has 0 unspecified atom stereocenters. The Morgan fingerprint density at radius 3 is 2.82 bits per heavy atom. The molecule has 3 aromatic heterocycles. The summed E-state index contributed by atoms with van der Waals surface area (Å²) >= 11 is 0. The third-order valence-electron chi connectivity index (χ3n) is 4.97. The highest BCUT2D eigenvalue weighted by Crippen LogP contribution is 2.23. The Bertz CT molecular complexity index is 1060. The molecule has 1 aliphatic heterocycles. The van der Waals surface area contributed by atoms with Crippen LogP contribution >= 0.6 is 0 Å². The molecule has 0 bridgehead atoms. The van der Waals surface area contributed by atoms with Crippen molar-refractivity contribution in [2.45, 2.75) is 12.8 Å². The summed E-state index contributed by atoms with van der Waals surface area (Å²) < 4.78 is 7.36. The molecule has 4 rings (SSSR count). The molecule has 2 N–H and O–H groups in total. The van der Waals surface area contributed by atoms with E-state index in [1.807, 2.05) is 18.2 Å². The Hall–Kier alpha value is -3.42. The minimum absolute atomic E-state index is 0.0750. The molecule has 0 aliphatic carbocycles. The zero-order chi connectivity index (χ0) is 19.5. The number of ether oxygens (including phenoxy) is 1. The molecule has 4 heterocycles. The number of carbonyl (C=O) groups excluding carboxylic acids is 1. The average molecular weight is 379 g/mol. The number of primary amides is 1. The number of nitrogens with two attached hydrogens (primary N) is 1. The van der Waals surface area contributed by atoms with Crippen molar-refractivity contribution in [1.82, 2.24) is 14.4 Å². The number of nitrogens with zero attached hydrogens (tertiary/aromatic N) is 4. The molecular weight excluding hydrogens is 358 g/mol. The van der Waals surface area contributed by atoms with Crippen molar-refractivity contribution in [3.8, 4) is 5.75 Å². The number of fused-ring (bicyclic) bond motifs is 1. The molecule has 0 radical (unpaired) electrons. The smallest absolute Gasteiger partial charge is 0.267 e. The Morgan fingerprint density at radius 1 is 1.21 bits per heavy atom. The maximum absolute atomic E-state index is 12.3. The van der Waals surface area contributed by atoms with Gasteiger partial charge in [-0.2, -0.15) is 0 Å². The van der Waals surface area contributed by atoms with E-state index in [0.29, 0.717) is 23.9 Å². The lowest BCUT2D eigenvalue weighted by atomic mass is 9.98. The summed E-state index contributed by atoms with van der Waals surface area (Å²) in [5, 5.41) is 0. The minimum Gasteiger partial charge on any atom is -0.493 e. The number of pyridine rings is 2. The van der Waals surface area contributed by atoms with Crippen molar-refractivity contribution in [3.63, 3.8) is 0 Å². The Morgan fingerprint density at radius 2 is 2.04 bits per heavy atom. The van der Waals surface area contributed by atoms with E-state index in [1.165, 1.54) is 6.20 Å². The first kappa shape index (κ1) is 18.0. The molecule has 0 aromatic carbocycles. The van der Waals surface area contributed by atoms with E-state index in [4.69, 9.17) is 10.5 Å². The molecule has 3 aromatic rings. The minimum atomic E-state index is -0.572. The SMILES string of the molecule is NC(=O)c1cc(OCC2CCN(c3cc(=O)n4ccccc4n3)CC2)ccn1. The number of amides is 1. The number of hydrogen-bond donors (Lipinski definition) is 1. The zero-order valence-corrected chi connectivity index (χ0v) is 15.3. The van der Waals surface area contributed by atoms with Crippen molar-refractivity contribution >= 4 is 17.4 Å². The van der Waals surface area contributed by atoms with Gasteiger partial charge in [-0.15, -0.1) is 0 Å². The molecule has 8 nitrogen and oxygen atoms in total. The summed E-state index contributed by atoms with van der Waals surface area (Å²) in [4.78, 5) is 34.1. The fourth-order valence-corrected chi connectivity index (χ4v) is 3.38. The average Bonchev–Trinajstić information content (AvgIpc) is 2.73. The molecule has 0 saturated carbocycles. The van der Waals surface area contributed by atoms with Gasteiger partial charge in [0.15, 0.2) is 0 Å². The summed E-state index contributed by atoms with van der Waals surface area (Å²) in [6, 6.07) is 10.4. The lowest BCUT2D eigenvalue weighted by Crippen LogP contribution is -2.36. The van der Waals surface area contributed by atoms with Crippen LogP contribution in [-0.4, -0.2) is 40.0 Å². The van der Waals surface area contributed by atoms with Gasteiger partial charge < -0.3 is 15.4 Å². The highest BCUT2D eigenvalue weighted by atomic mass is 16.5. The first-order chi connectivity index (χ1) is 13.6. The Labute approximate surface area is 161 Å². The fraction of sp³-hybridized carbons (Fsp3) is 0.300. The van der Waals surface area contributed by atoms with Gasteiger partial charge in [-0.1, -0.05) is 6.07 Å². The quantitative estimate of drug-likeness (QED) is 0.720. The number of piperidine rings is 1. The Balaban J connectivity index is 1.37. The van der Waals surface area contributed by atoms with Crippen molar-refractivity contribution in [3.05, 3.63) is 64.8 Å². The standard InChI is InChI=1S/C20H21N5O3/c21-20(27)16-11-15(4-7-22-16)28-13-14-5-9-24(10-6-14)18-12-19(26)25-8-2-1-3-17(25)23-18/h1-4,7-8,11-12,14H,5-6,9-10,13H2,(H2,21,27). The van der Waals surface area contributed by atoms with E-state index in [9.17, 15) is 9.59 Å². The van der Waals surface area contributed by atoms with Crippen molar-refractivity contribution in [2.24, 2.45) is 11.7 Å². The molecule has 1 aliphatic rings. The summed E-state index contributed by atoms with van der Waals surface area (Å²) in [6.07, 6.45) is 5.11. The van der Waals surface area contributed by atoms with Gasteiger partial charge in [0.05, 0.1) is 6.61 Å².